The molecule has 1 aromatic carbocycles. The van der Waals surface area contributed by atoms with E-state index in [1.54, 1.807) is 39.0 Å². The molecule has 0 spiro atoms. The second kappa shape index (κ2) is 4.79. The summed E-state index contributed by atoms with van der Waals surface area (Å²) in [5.41, 5.74) is -0.261. The van der Waals surface area contributed by atoms with Gasteiger partial charge >= 0.3 is 11.9 Å². The standard InChI is InChI=1S/C13H15NO5/c1-13(2,3)19-12(16)11(15)14-8-4-5-9-10(6-8)18-7-17-9/h4-6H,7H2,1-3H3,(H,14,15). The van der Waals surface area contributed by atoms with Gasteiger partial charge in [-0.1, -0.05) is 0 Å². The van der Waals surface area contributed by atoms with Gasteiger partial charge in [0.15, 0.2) is 11.5 Å². The number of hydrogen-bond acceptors (Lipinski definition) is 5. The SMILES string of the molecule is CC(C)(C)OC(=O)C(=O)Nc1ccc2c(c1)OCO2. The Morgan fingerprint density at radius 3 is 2.58 bits per heavy atom. The molecule has 0 bridgehead atoms. The van der Waals surface area contributed by atoms with Crippen molar-refractivity contribution in [3.8, 4) is 11.5 Å². The Morgan fingerprint density at radius 1 is 1.21 bits per heavy atom. The molecule has 0 atom stereocenters. The molecule has 0 aliphatic carbocycles. The van der Waals surface area contributed by atoms with E-state index in [-0.39, 0.29) is 6.79 Å². The molecule has 0 saturated carbocycles. The highest BCUT2D eigenvalue weighted by Crippen LogP contribution is 2.34. The number of ether oxygens (including phenoxy) is 3. The number of hydrogen-bond donors (Lipinski definition) is 1. The fraction of sp³-hybridized carbons (Fsp3) is 0.385. The zero-order chi connectivity index (χ0) is 14.0. The number of anilines is 1. The summed E-state index contributed by atoms with van der Waals surface area (Å²) in [5, 5.41) is 2.44. The molecule has 19 heavy (non-hydrogen) atoms. The summed E-state index contributed by atoms with van der Waals surface area (Å²) in [5.74, 6) is -0.615. The van der Waals surface area contributed by atoms with E-state index >= 15 is 0 Å². The van der Waals surface area contributed by atoms with E-state index in [1.165, 1.54) is 0 Å². The third-order valence-corrected chi connectivity index (χ3v) is 2.21. The van der Waals surface area contributed by atoms with Gasteiger partial charge in [-0.05, 0) is 32.9 Å². The lowest BCUT2D eigenvalue weighted by molar-refractivity contribution is -0.161. The van der Waals surface area contributed by atoms with Gasteiger partial charge in [-0.15, -0.1) is 0 Å². The van der Waals surface area contributed by atoms with Gasteiger partial charge < -0.3 is 19.5 Å². The van der Waals surface area contributed by atoms with Crippen LogP contribution in [0.15, 0.2) is 18.2 Å². The molecule has 1 aliphatic rings. The monoisotopic (exact) mass is 265 g/mol. The van der Waals surface area contributed by atoms with E-state index in [1.807, 2.05) is 0 Å². The van der Waals surface area contributed by atoms with Crippen LogP contribution in [0.1, 0.15) is 20.8 Å². The topological polar surface area (TPSA) is 73.9 Å². The quantitative estimate of drug-likeness (QED) is 0.618. The Balaban J connectivity index is 2.01. The largest absolute Gasteiger partial charge is 0.454 e. The lowest BCUT2D eigenvalue weighted by Gasteiger charge is -2.18. The fourth-order valence-corrected chi connectivity index (χ4v) is 1.48. The maximum Gasteiger partial charge on any atom is 0.397 e. The van der Waals surface area contributed by atoms with Crippen LogP contribution in [-0.4, -0.2) is 24.3 Å². The highest BCUT2D eigenvalue weighted by molar-refractivity contribution is 6.37. The van der Waals surface area contributed by atoms with Gasteiger partial charge in [0.25, 0.3) is 0 Å². The van der Waals surface area contributed by atoms with Gasteiger partial charge in [0.2, 0.25) is 6.79 Å². The minimum atomic E-state index is -0.926. The highest BCUT2D eigenvalue weighted by Gasteiger charge is 2.23. The van der Waals surface area contributed by atoms with Crippen molar-refractivity contribution in [3.63, 3.8) is 0 Å². The van der Waals surface area contributed by atoms with Crippen molar-refractivity contribution in [1.82, 2.24) is 0 Å². The van der Waals surface area contributed by atoms with Crippen LogP contribution in [0.4, 0.5) is 5.69 Å². The minimum Gasteiger partial charge on any atom is -0.454 e. The summed E-state index contributed by atoms with van der Waals surface area (Å²) in [6.45, 7) is 5.23. The third-order valence-electron chi connectivity index (χ3n) is 2.21. The molecular formula is C13H15NO5. The lowest BCUT2D eigenvalue weighted by Crippen LogP contribution is -2.32. The predicted octanol–water partition coefficient (Wildman–Crippen LogP) is 1.70. The molecule has 6 heteroatoms. The molecule has 0 radical (unpaired) electrons. The molecule has 0 saturated heterocycles. The molecule has 2 rings (SSSR count). The van der Waals surface area contributed by atoms with Crippen LogP contribution in [-0.2, 0) is 14.3 Å². The Labute approximate surface area is 110 Å². The van der Waals surface area contributed by atoms with Crippen LogP contribution < -0.4 is 14.8 Å². The van der Waals surface area contributed by atoms with Crippen molar-refractivity contribution in [2.45, 2.75) is 26.4 Å². The first-order valence-corrected chi connectivity index (χ1v) is 5.79. The van der Waals surface area contributed by atoms with Crippen LogP contribution in [0.5, 0.6) is 11.5 Å². The zero-order valence-corrected chi connectivity index (χ0v) is 11.0. The van der Waals surface area contributed by atoms with Crippen molar-refractivity contribution in [3.05, 3.63) is 18.2 Å². The molecule has 1 aromatic rings. The van der Waals surface area contributed by atoms with Gasteiger partial charge in [-0.25, -0.2) is 4.79 Å². The average Bonchev–Trinajstić information content (AvgIpc) is 2.73. The van der Waals surface area contributed by atoms with Crippen LogP contribution in [0.25, 0.3) is 0 Å². The molecule has 1 heterocycles. The minimum absolute atomic E-state index is 0.152. The van der Waals surface area contributed by atoms with Crippen molar-refractivity contribution in [2.75, 3.05) is 12.1 Å². The van der Waals surface area contributed by atoms with E-state index in [9.17, 15) is 9.59 Å². The summed E-state index contributed by atoms with van der Waals surface area (Å²) < 4.78 is 15.3. The first-order chi connectivity index (χ1) is 8.85. The Hall–Kier alpha value is -2.24. The third kappa shape index (κ3) is 3.37. The number of rotatable bonds is 1. The summed E-state index contributed by atoms with van der Waals surface area (Å²) in [7, 11) is 0. The van der Waals surface area contributed by atoms with Crippen LogP contribution in [0.2, 0.25) is 0 Å². The number of nitrogens with one attached hydrogen (secondary N) is 1. The highest BCUT2D eigenvalue weighted by atomic mass is 16.7. The number of fused-ring (bicyclic) bond motifs is 1. The summed E-state index contributed by atoms with van der Waals surface area (Å²) >= 11 is 0. The van der Waals surface area contributed by atoms with E-state index in [2.05, 4.69) is 5.32 Å². The number of carbonyl (C=O) groups is 2. The first kappa shape index (κ1) is 13.2. The predicted molar refractivity (Wildman–Crippen MR) is 67.0 cm³/mol. The van der Waals surface area contributed by atoms with E-state index < -0.39 is 17.5 Å². The first-order valence-electron chi connectivity index (χ1n) is 5.79. The normalized spacial score (nSPS) is 13.0. The van der Waals surface area contributed by atoms with Crippen LogP contribution in [0.3, 0.4) is 0 Å². The van der Waals surface area contributed by atoms with E-state index in [4.69, 9.17) is 14.2 Å². The molecule has 0 aromatic heterocycles. The molecule has 0 fully saturated rings. The molecular weight excluding hydrogens is 250 g/mol. The Bertz CT molecular complexity index is 518. The van der Waals surface area contributed by atoms with Gasteiger partial charge in [0.1, 0.15) is 5.60 Å². The smallest absolute Gasteiger partial charge is 0.397 e. The van der Waals surface area contributed by atoms with Crippen molar-refractivity contribution >= 4 is 17.6 Å². The van der Waals surface area contributed by atoms with E-state index in [0.717, 1.165) is 0 Å². The lowest BCUT2D eigenvalue weighted by atomic mass is 10.2. The second-order valence-corrected chi connectivity index (χ2v) is 5.02. The van der Waals surface area contributed by atoms with Gasteiger partial charge in [-0.3, -0.25) is 4.79 Å². The van der Waals surface area contributed by atoms with Gasteiger partial charge in [-0.2, -0.15) is 0 Å². The van der Waals surface area contributed by atoms with Gasteiger partial charge in [0, 0.05) is 11.8 Å². The number of carbonyl (C=O) groups excluding carboxylic acids is 2. The summed E-state index contributed by atoms with van der Waals surface area (Å²) in [6.07, 6.45) is 0. The molecule has 1 aliphatic heterocycles. The maximum absolute atomic E-state index is 11.6. The molecule has 1 N–H and O–H groups in total. The van der Waals surface area contributed by atoms with Crippen molar-refractivity contribution in [2.24, 2.45) is 0 Å². The van der Waals surface area contributed by atoms with Crippen molar-refractivity contribution < 1.29 is 23.8 Å². The van der Waals surface area contributed by atoms with Crippen molar-refractivity contribution in [1.29, 1.82) is 0 Å². The zero-order valence-electron chi connectivity index (χ0n) is 11.0. The molecule has 1 amide bonds. The molecule has 0 unspecified atom stereocenters. The summed E-state index contributed by atoms with van der Waals surface area (Å²) in [4.78, 5) is 23.1. The Kier molecular flexibility index (Phi) is 3.33. The molecule has 102 valence electrons. The van der Waals surface area contributed by atoms with E-state index in [0.29, 0.717) is 17.2 Å². The number of benzene rings is 1. The fourth-order valence-electron chi connectivity index (χ4n) is 1.48. The van der Waals surface area contributed by atoms with Gasteiger partial charge in [0.05, 0.1) is 0 Å². The number of esters is 1. The Morgan fingerprint density at radius 2 is 1.89 bits per heavy atom. The number of amides is 1. The maximum atomic E-state index is 11.6. The summed E-state index contributed by atoms with van der Waals surface area (Å²) in [6, 6.07) is 4.87. The molecule has 6 nitrogen and oxygen atoms in total. The van der Waals surface area contributed by atoms with Crippen LogP contribution >= 0.6 is 0 Å². The average molecular weight is 265 g/mol. The van der Waals surface area contributed by atoms with Crippen LogP contribution in [0, 0.1) is 0 Å². The second-order valence-electron chi connectivity index (χ2n) is 5.02.